The fourth-order valence-electron chi connectivity index (χ4n) is 1.99. The second kappa shape index (κ2) is 5.28. The summed E-state index contributed by atoms with van der Waals surface area (Å²) in [5.74, 6) is 0.536. The monoisotopic (exact) mass is 285 g/mol. The van der Waals surface area contributed by atoms with Crippen molar-refractivity contribution in [3.63, 3.8) is 0 Å². The van der Waals surface area contributed by atoms with Crippen molar-refractivity contribution in [2.75, 3.05) is 6.54 Å². The maximum Gasteiger partial charge on any atom is 0.137 e. The van der Waals surface area contributed by atoms with Gasteiger partial charge in [0.15, 0.2) is 0 Å². The van der Waals surface area contributed by atoms with Crippen LogP contribution in [0.4, 0.5) is 4.39 Å². The van der Waals surface area contributed by atoms with Gasteiger partial charge in [-0.1, -0.05) is 13.0 Å². The van der Waals surface area contributed by atoms with Crippen LogP contribution in [0.1, 0.15) is 37.8 Å². The summed E-state index contributed by atoms with van der Waals surface area (Å²) in [6.45, 7) is 3.15. The minimum Gasteiger partial charge on any atom is -0.310 e. The molecule has 1 aliphatic rings. The van der Waals surface area contributed by atoms with E-state index in [1.807, 2.05) is 6.07 Å². The highest BCUT2D eigenvalue weighted by Gasteiger charge is 2.31. The lowest BCUT2D eigenvalue weighted by molar-refractivity contribution is 0.478. The molecule has 1 atom stereocenters. The third-order valence-electron chi connectivity index (χ3n) is 3.01. The molecule has 0 spiro atoms. The number of rotatable bonds is 5. The van der Waals surface area contributed by atoms with E-state index in [2.05, 4.69) is 28.2 Å². The summed E-state index contributed by atoms with van der Waals surface area (Å²) in [6.07, 6.45) is 3.64. The molecule has 88 valence electrons. The van der Waals surface area contributed by atoms with Crippen LogP contribution in [0.5, 0.6) is 0 Å². The normalized spacial score (nSPS) is 17.4. The van der Waals surface area contributed by atoms with Crippen molar-refractivity contribution in [1.29, 1.82) is 0 Å². The fourth-order valence-corrected chi connectivity index (χ4v) is 2.24. The third-order valence-corrected chi connectivity index (χ3v) is 3.65. The zero-order chi connectivity index (χ0) is 11.5. The van der Waals surface area contributed by atoms with Crippen molar-refractivity contribution in [2.45, 2.75) is 32.2 Å². The maximum atomic E-state index is 13.5. The lowest BCUT2D eigenvalue weighted by Gasteiger charge is -2.18. The Hall–Kier alpha value is -0.410. The van der Waals surface area contributed by atoms with Crippen LogP contribution < -0.4 is 5.32 Å². The Balaban J connectivity index is 2.14. The molecule has 0 aromatic heterocycles. The summed E-state index contributed by atoms with van der Waals surface area (Å²) in [5, 5.41) is 3.51. The molecule has 1 unspecified atom stereocenters. The van der Waals surface area contributed by atoms with Gasteiger partial charge in [0.25, 0.3) is 0 Å². The smallest absolute Gasteiger partial charge is 0.137 e. The average molecular weight is 286 g/mol. The third kappa shape index (κ3) is 2.83. The molecule has 0 radical (unpaired) electrons. The van der Waals surface area contributed by atoms with Crippen molar-refractivity contribution in [3.8, 4) is 0 Å². The first kappa shape index (κ1) is 12.1. The zero-order valence-corrected chi connectivity index (χ0v) is 11.1. The molecule has 0 bridgehead atoms. The number of nitrogens with one attached hydrogen (secondary N) is 1. The van der Waals surface area contributed by atoms with E-state index >= 15 is 0 Å². The number of halogens is 2. The topological polar surface area (TPSA) is 12.0 Å². The lowest BCUT2D eigenvalue weighted by Crippen LogP contribution is -2.23. The lowest BCUT2D eigenvalue weighted by atomic mass is 10.0. The highest BCUT2D eigenvalue weighted by molar-refractivity contribution is 9.10. The Morgan fingerprint density at radius 3 is 2.81 bits per heavy atom. The Morgan fingerprint density at radius 1 is 1.50 bits per heavy atom. The predicted molar refractivity (Wildman–Crippen MR) is 67.9 cm³/mol. The van der Waals surface area contributed by atoms with Crippen molar-refractivity contribution in [2.24, 2.45) is 5.92 Å². The molecule has 1 N–H and O–H groups in total. The number of benzene rings is 1. The summed E-state index contributed by atoms with van der Waals surface area (Å²) >= 11 is 3.19. The summed E-state index contributed by atoms with van der Waals surface area (Å²) < 4.78 is 14.0. The predicted octanol–water partition coefficient (Wildman–Crippen LogP) is 4.04. The minimum atomic E-state index is -0.165. The van der Waals surface area contributed by atoms with Crippen LogP contribution >= 0.6 is 15.9 Å². The Bertz CT molecular complexity index is 363. The van der Waals surface area contributed by atoms with Gasteiger partial charge in [-0.25, -0.2) is 4.39 Å². The number of hydrogen-bond donors (Lipinski definition) is 1. The van der Waals surface area contributed by atoms with Gasteiger partial charge in [-0.15, -0.1) is 0 Å². The van der Waals surface area contributed by atoms with Gasteiger partial charge in [-0.3, -0.25) is 0 Å². The second-order valence-corrected chi connectivity index (χ2v) is 5.30. The molecular weight excluding hydrogens is 269 g/mol. The first-order valence-corrected chi connectivity index (χ1v) is 6.70. The Labute approximate surface area is 105 Å². The molecule has 0 heterocycles. The molecule has 16 heavy (non-hydrogen) atoms. The van der Waals surface area contributed by atoms with E-state index in [-0.39, 0.29) is 5.82 Å². The zero-order valence-electron chi connectivity index (χ0n) is 9.47. The summed E-state index contributed by atoms with van der Waals surface area (Å²) in [5.41, 5.74) is 1.08. The summed E-state index contributed by atoms with van der Waals surface area (Å²) in [7, 11) is 0. The van der Waals surface area contributed by atoms with Crippen LogP contribution in [-0.4, -0.2) is 6.54 Å². The van der Waals surface area contributed by atoms with Gasteiger partial charge >= 0.3 is 0 Å². The molecule has 1 saturated carbocycles. The maximum absolute atomic E-state index is 13.5. The average Bonchev–Trinajstić information content (AvgIpc) is 3.08. The molecule has 0 saturated heterocycles. The molecule has 1 fully saturated rings. The van der Waals surface area contributed by atoms with Crippen molar-refractivity contribution in [1.82, 2.24) is 5.32 Å². The fraction of sp³-hybridized carbons (Fsp3) is 0.538. The van der Waals surface area contributed by atoms with E-state index in [0.29, 0.717) is 16.4 Å². The van der Waals surface area contributed by atoms with Gasteiger partial charge in [0.05, 0.1) is 4.47 Å². The van der Waals surface area contributed by atoms with Crippen LogP contribution in [0.2, 0.25) is 0 Å². The van der Waals surface area contributed by atoms with Gasteiger partial charge in [-0.05, 0) is 65.4 Å². The molecule has 1 aliphatic carbocycles. The van der Waals surface area contributed by atoms with Crippen molar-refractivity contribution >= 4 is 15.9 Å². The molecular formula is C13H17BrFN. The second-order valence-electron chi connectivity index (χ2n) is 4.44. The SMILES string of the molecule is CCCNC(c1ccc(Br)c(F)c1)C1CC1. The molecule has 1 nitrogen and oxygen atoms in total. The van der Waals surface area contributed by atoms with E-state index in [4.69, 9.17) is 0 Å². The minimum absolute atomic E-state index is 0.165. The van der Waals surface area contributed by atoms with E-state index in [1.54, 1.807) is 12.1 Å². The van der Waals surface area contributed by atoms with Gasteiger partial charge < -0.3 is 5.32 Å². The number of hydrogen-bond acceptors (Lipinski definition) is 1. The highest BCUT2D eigenvalue weighted by Crippen LogP contribution is 2.41. The van der Waals surface area contributed by atoms with Crippen LogP contribution in [0, 0.1) is 11.7 Å². The first-order valence-electron chi connectivity index (χ1n) is 5.90. The van der Waals surface area contributed by atoms with E-state index in [9.17, 15) is 4.39 Å². The summed E-state index contributed by atoms with van der Waals surface area (Å²) in [4.78, 5) is 0. The van der Waals surface area contributed by atoms with E-state index < -0.39 is 0 Å². The van der Waals surface area contributed by atoms with E-state index in [1.165, 1.54) is 12.8 Å². The van der Waals surface area contributed by atoms with Gasteiger partial charge in [0, 0.05) is 6.04 Å². The van der Waals surface area contributed by atoms with Crippen LogP contribution in [0.15, 0.2) is 22.7 Å². The first-order chi connectivity index (χ1) is 7.72. The van der Waals surface area contributed by atoms with Gasteiger partial charge in [0.2, 0.25) is 0 Å². The molecule has 3 heteroatoms. The van der Waals surface area contributed by atoms with Crippen LogP contribution in [0.3, 0.4) is 0 Å². The summed E-state index contributed by atoms with van der Waals surface area (Å²) in [6, 6.07) is 5.80. The van der Waals surface area contributed by atoms with Gasteiger partial charge in [0.1, 0.15) is 5.82 Å². The molecule has 2 rings (SSSR count). The largest absolute Gasteiger partial charge is 0.310 e. The van der Waals surface area contributed by atoms with E-state index in [0.717, 1.165) is 18.5 Å². The van der Waals surface area contributed by atoms with Crippen molar-refractivity contribution in [3.05, 3.63) is 34.1 Å². The molecule has 0 amide bonds. The molecule has 0 aliphatic heterocycles. The highest BCUT2D eigenvalue weighted by atomic mass is 79.9. The Morgan fingerprint density at radius 2 is 2.25 bits per heavy atom. The van der Waals surface area contributed by atoms with Crippen molar-refractivity contribution < 1.29 is 4.39 Å². The van der Waals surface area contributed by atoms with Gasteiger partial charge in [-0.2, -0.15) is 0 Å². The molecule has 1 aromatic carbocycles. The standard InChI is InChI=1S/C13H17BrFN/c1-2-7-16-13(9-3-4-9)10-5-6-11(14)12(15)8-10/h5-6,8-9,13,16H,2-4,7H2,1H3. The van der Waals surface area contributed by atoms with Crippen LogP contribution in [0.25, 0.3) is 0 Å². The van der Waals surface area contributed by atoms with Crippen LogP contribution in [-0.2, 0) is 0 Å². The quantitative estimate of drug-likeness (QED) is 0.861. The Kier molecular flexibility index (Phi) is 3.98. The molecule has 1 aromatic rings.